The van der Waals surface area contributed by atoms with Gasteiger partial charge >= 0.3 is 0 Å². The summed E-state index contributed by atoms with van der Waals surface area (Å²) in [6, 6.07) is 3.75. The van der Waals surface area contributed by atoms with E-state index in [9.17, 15) is 4.79 Å². The van der Waals surface area contributed by atoms with Crippen LogP contribution in [0.4, 0.5) is 5.95 Å². The van der Waals surface area contributed by atoms with Crippen molar-refractivity contribution in [3.8, 4) is 0 Å². The zero-order valence-corrected chi connectivity index (χ0v) is 15.8. The minimum atomic E-state index is 0.0216. The third kappa shape index (κ3) is 3.11. The number of pyridine rings is 1. The average molecular weight is 365 g/mol. The predicted octanol–water partition coefficient (Wildman–Crippen LogP) is 1.98. The van der Waals surface area contributed by atoms with Crippen molar-refractivity contribution in [2.45, 2.75) is 32.6 Å². The number of anilines is 1. The number of aromatic nitrogens is 5. The first-order chi connectivity index (χ1) is 12.9. The summed E-state index contributed by atoms with van der Waals surface area (Å²) in [7, 11) is 1.85. The number of aryl methyl sites for hydroxylation is 3. The van der Waals surface area contributed by atoms with E-state index in [1.807, 2.05) is 37.9 Å². The van der Waals surface area contributed by atoms with Crippen LogP contribution in [-0.4, -0.2) is 48.6 Å². The third-order valence-electron chi connectivity index (χ3n) is 5.15. The molecular weight excluding hydrogens is 342 g/mol. The lowest BCUT2D eigenvalue weighted by molar-refractivity contribution is 0.0707. The molecule has 0 aromatic carbocycles. The highest BCUT2D eigenvalue weighted by Crippen LogP contribution is 2.29. The largest absolute Gasteiger partial charge is 0.368 e. The summed E-state index contributed by atoms with van der Waals surface area (Å²) in [4.78, 5) is 28.2. The number of rotatable bonds is 2. The van der Waals surface area contributed by atoms with Crippen LogP contribution < -0.4 is 5.73 Å². The molecule has 140 valence electrons. The molecule has 0 saturated carbocycles. The maximum atomic E-state index is 13.4. The molecule has 1 amide bonds. The molecule has 1 unspecified atom stereocenters. The van der Waals surface area contributed by atoms with Crippen molar-refractivity contribution in [3.05, 3.63) is 41.0 Å². The van der Waals surface area contributed by atoms with Crippen LogP contribution in [0.25, 0.3) is 11.0 Å². The van der Waals surface area contributed by atoms with Gasteiger partial charge in [-0.1, -0.05) is 0 Å². The fraction of sp³-hybridized carbons (Fsp3) is 0.421. The number of fused-ring (bicyclic) bond motifs is 1. The number of hydrogen-bond acceptors (Lipinski definition) is 6. The van der Waals surface area contributed by atoms with E-state index in [2.05, 4.69) is 20.1 Å². The van der Waals surface area contributed by atoms with Gasteiger partial charge < -0.3 is 10.6 Å². The number of nitrogens with two attached hydrogens (primary N) is 1. The van der Waals surface area contributed by atoms with E-state index < -0.39 is 0 Å². The second-order valence-electron chi connectivity index (χ2n) is 7.15. The topological polar surface area (TPSA) is 103 Å². The number of nitrogens with zero attached hydrogens (tertiary/aromatic N) is 6. The summed E-state index contributed by atoms with van der Waals surface area (Å²) >= 11 is 0. The van der Waals surface area contributed by atoms with Crippen molar-refractivity contribution in [1.29, 1.82) is 0 Å². The van der Waals surface area contributed by atoms with Gasteiger partial charge in [0.15, 0.2) is 5.65 Å². The zero-order valence-electron chi connectivity index (χ0n) is 15.8. The quantitative estimate of drug-likeness (QED) is 0.745. The molecular formula is C19H23N7O. The van der Waals surface area contributed by atoms with Crippen molar-refractivity contribution in [2.75, 3.05) is 18.8 Å². The second kappa shape index (κ2) is 6.61. The molecule has 0 radical (unpaired) electrons. The van der Waals surface area contributed by atoms with Crippen molar-refractivity contribution < 1.29 is 4.79 Å². The van der Waals surface area contributed by atoms with Gasteiger partial charge in [0.05, 0.1) is 22.3 Å². The van der Waals surface area contributed by atoms with Crippen molar-refractivity contribution in [3.63, 3.8) is 0 Å². The Balaban J connectivity index is 1.68. The maximum Gasteiger partial charge on any atom is 0.254 e. The summed E-state index contributed by atoms with van der Waals surface area (Å²) in [5, 5.41) is 5.28. The van der Waals surface area contributed by atoms with Crippen LogP contribution >= 0.6 is 0 Å². The van der Waals surface area contributed by atoms with Crippen LogP contribution in [-0.2, 0) is 7.05 Å². The molecule has 8 nitrogen and oxygen atoms in total. The molecule has 1 saturated heterocycles. The highest BCUT2D eigenvalue weighted by Gasteiger charge is 2.28. The minimum absolute atomic E-state index is 0.0216. The van der Waals surface area contributed by atoms with E-state index in [4.69, 9.17) is 5.73 Å². The SMILES string of the molecule is Cc1cc(C(=O)N2CCCC(c3ccnc(N)n3)C2)c2c(C)nn(C)c2n1. The molecule has 2 N–H and O–H groups in total. The smallest absolute Gasteiger partial charge is 0.254 e. The van der Waals surface area contributed by atoms with Gasteiger partial charge in [0, 0.05) is 37.9 Å². The second-order valence-corrected chi connectivity index (χ2v) is 7.15. The lowest BCUT2D eigenvalue weighted by Gasteiger charge is -2.32. The number of amides is 1. The van der Waals surface area contributed by atoms with Crippen LogP contribution in [0.1, 0.15) is 46.2 Å². The number of carbonyl (C=O) groups excluding carboxylic acids is 1. The maximum absolute atomic E-state index is 13.4. The first-order valence-electron chi connectivity index (χ1n) is 9.12. The Morgan fingerprint density at radius 3 is 2.89 bits per heavy atom. The number of piperidine rings is 1. The summed E-state index contributed by atoms with van der Waals surface area (Å²) in [6.07, 6.45) is 3.59. The first kappa shape index (κ1) is 17.4. The molecule has 4 rings (SSSR count). The molecule has 1 aliphatic rings. The zero-order chi connectivity index (χ0) is 19.1. The highest BCUT2D eigenvalue weighted by atomic mass is 16.2. The Kier molecular flexibility index (Phi) is 4.25. The Labute approximate surface area is 157 Å². The average Bonchev–Trinajstić information content (AvgIpc) is 2.94. The van der Waals surface area contributed by atoms with Crippen molar-refractivity contribution >= 4 is 22.9 Å². The molecule has 0 bridgehead atoms. The number of likely N-dealkylation sites (tertiary alicyclic amines) is 1. The molecule has 1 aliphatic heterocycles. The van der Waals surface area contributed by atoms with Crippen LogP contribution in [0, 0.1) is 13.8 Å². The Hall–Kier alpha value is -3.03. The van der Waals surface area contributed by atoms with Gasteiger partial charge in [-0.3, -0.25) is 9.48 Å². The van der Waals surface area contributed by atoms with Crippen LogP contribution in [0.15, 0.2) is 18.3 Å². The minimum Gasteiger partial charge on any atom is -0.368 e. The van der Waals surface area contributed by atoms with E-state index in [-0.39, 0.29) is 17.8 Å². The van der Waals surface area contributed by atoms with E-state index in [0.29, 0.717) is 12.1 Å². The lowest BCUT2D eigenvalue weighted by Crippen LogP contribution is -2.39. The fourth-order valence-corrected chi connectivity index (χ4v) is 3.93. The molecule has 0 spiro atoms. The number of hydrogen-bond donors (Lipinski definition) is 1. The normalized spacial score (nSPS) is 17.4. The molecule has 1 fully saturated rings. The summed E-state index contributed by atoms with van der Waals surface area (Å²) in [5.74, 6) is 0.461. The Morgan fingerprint density at radius 2 is 2.11 bits per heavy atom. The van der Waals surface area contributed by atoms with Gasteiger partial charge in [0.1, 0.15) is 0 Å². The summed E-state index contributed by atoms with van der Waals surface area (Å²) in [6.45, 7) is 5.18. The van der Waals surface area contributed by atoms with Gasteiger partial charge in [-0.05, 0) is 38.8 Å². The molecule has 1 atom stereocenters. The molecule has 27 heavy (non-hydrogen) atoms. The van der Waals surface area contributed by atoms with Gasteiger partial charge in [0.2, 0.25) is 5.95 Å². The Morgan fingerprint density at radius 1 is 1.30 bits per heavy atom. The van der Waals surface area contributed by atoms with Crippen LogP contribution in [0.3, 0.4) is 0 Å². The molecule has 8 heteroatoms. The van der Waals surface area contributed by atoms with E-state index >= 15 is 0 Å². The third-order valence-corrected chi connectivity index (χ3v) is 5.15. The lowest BCUT2D eigenvalue weighted by atomic mass is 9.94. The Bertz CT molecular complexity index is 1030. The van der Waals surface area contributed by atoms with Crippen molar-refractivity contribution in [2.24, 2.45) is 7.05 Å². The molecule has 3 aromatic rings. The van der Waals surface area contributed by atoms with E-state index in [0.717, 1.165) is 47.5 Å². The van der Waals surface area contributed by atoms with Gasteiger partial charge in [-0.25, -0.2) is 15.0 Å². The van der Waals surface area contributed by atoms with Gasteiger partial charge in [-0.15, -0.1) is 0 Å². The van der Waals surface area contributed by atoms with Crippen molar-refractivity contribution in [1.82, 2.24) is 29.6 Å². The standard InChI is InChI=1S/C19H23N7O/c1-11-9-14(16-12(2)24-25(3)17(16)22-11)18(27)26-8-4-5-13(10-26)15-6-7-21-19(20)23-15/h6-7,9,13H,4-5,8,10H2,1-3H3,(H2,20,21,23). The monoisotopic (exact) mass is 365 g/mol. The van der Waals surface area contributed by atoms with Crippen LogP contribution in [0.5, 0.6) is 0 Å². The molecule has 3 aromatic heterocycles. The summed E-state index contributed by atoms with van der Waals surface area (Å²) < 4.78 is 1.73. The highest BCUT2D eigenvalue weighted by molar-refractivity contribution is 6.06. The summed E-state index contributed by atoms with van der Waals surface area (Å²) in [5.41, 5.74) is 9.67. The van der Waals surface area contributed by atoms with E-state index in [1.54, 1.807) is 10.9 Å². The van der Waals surface area contributed by atoms with Crippen LogP contribution in [0.2, 0.25) is 0 Å². The number of carbonyl (C=O) groups is 1. The molecule has 0 aliphatic carbocycles. The first-order valence-corrected chi connectivity index (χ1v) is 9.12. The predicted molar refractivity (Wildman–Crippen MR) is 102 cm³/mol. The van der Waals surface area contributed by atoms with E-state index in [1.165, 1.54) is 0 Å². The van der Waals surface area contributed by atoms with Gasteiger partial charge in [0.25, 0.3) is 5.91 Å². The van der Waals surface area contributed by atoms with Gasteiger partial charge in [-0.2, -0.15) is 5.10 Å². The molecule has 4 heterocycles. The number of nitrogen functional groups attached to an aromatic ring is 1. The fourth-order valence-electron chi connectivity index (χ4n) is 3.93.